The van der Waals surface area contributed by atoms with Crippen molar-refractivity contribution in [3.63, 3.8) is 0 Å². The fraction of sp³-hybridized carbons (Fsp3) is 0.588. The molecule has 0 bridgehead atoms. The minimum Gasteiger partial charge on any atom is -0.480 e. The van der Waals surface area contributed by atoms with Crippen LogP contribution in [0.25, 0.3) is 0 Å². The number of carboxylic acid groups (broad SMARTS) is 1. The van der Waals surface area contributed by atoms with Gasteiger partial charge in [0.1, 0.15) is 6.04 Å². The van der Waals surface area contributed by atoms with Crippen LogP contribution in [0.15, 0.2) is 30.3 Å². The normalized spacial score (nSPS) is 12.4. The summed E-state index contributed by atoms with van der Waals surface area (Å²) >= 11 is 0. The van der Waals surface area contributed by atoms with E-state index >= 15 is 0 Å². The maximum Gasteiger partial charge on any atom is 0.320 e. The number of unbranched alkanes of at least 4 members (excludes halogenated alkanes) is 1. The summed E-state index contributed by atoms with van der Waals surface area (Å²) in [5, 5.41) is 12.4. The molecule has 0 aliphatic carbocycles. The quantitative estimate of drug-likeness (QED) is 0.695. The molecule has 4 heteroatoms. The van der Waals surface area contributed by atoms with Gasteiger partial charge in [-0.25, -0.2) is 0 Å². The molecule has 4 nitrogen and oxygen atoms in total. The molecule has 0 amide bonds. The lowest BCUT2D eigenvalue weighted by Crippen LogP contribution is -2.43. The minimum absolute atomic E-state index is 0.173. The number of hydrogen-bond donors (Lipinski definition) is 2. The number of nitrogens with one attached hydrogen (secondary N) is 1. The topological polar surface area (TPSA) is 52.6 Å². The van der Waals surface area contributed by atoms with Crippen LogP contribution in [0.2, 0.25) is 0 Å². The lowest BCUT2D eigenvalue weighted by atomic mass is 10.1. The van der Waals surface area contributed by atoms with Gasteiger partial charge < -0.3 is 15.3 Å². The van der Waals surface area contributed by atoms with Crippen LogP contribution in [0, 0.1) is 0 Å². The molecule has 1 aromatic rings. The summed E-state index contributed by atoms with van der Waals surface area (Å²) in [7, 11) is 0. The van der Waals surface area contributed by atoms with Crippen molar-refractivity contribution in [3.8, 4) is 0 Å². The monoisotopic (exact) mass is 292 g/mol. The van der Waals surface area contributed by atoms with Gasteiger partial charge in [0.05, 0.1) is 0 Å². The number of nitrogens with zero attached hydrogens (tertiary/aromatic N) is 1. The maximum absolute atomic E-state index is 11.3. The van der Waals surface area contributed by atoms with Crippen molar-refractivity contribution in [1.29, 1.82) is 0 Å². The molecule has 0 saturated heterocycles. The third-order valence-corrected chi connectivity index (χ3v) is 3.42. The van der Waals surface area contributed by atoms with Gasteiger partial charge in [-0.15, -0.1) is 0 Å². The van der Waals surface area contributed by atoms with Crippen molar-refractivity contribution in [3.05, 3.63) is 30.3 Å². The molecule has 2 N–H and O–H groups in total. The minimum atomic E-state index is -0.771. The van der Waals surface area contributed by atoms with E-state index in [1.807, 2.05) is 32.0 Å². The average Bonchev–Trinajstić information content (AvgIpc) is 2.46. The van der Waals surface area contributed by atoms with Crippen LogP contribution in [0.1, 0.15) is 40.0 Å². The number of rotatable bonds is 10. The number of hydrogen-bond acceptors (Lipinski definition) is 3. The Bertz CT molecular complexity index is 407. The first-order valence-corrected chi connectivity index (χ1v) is 7.83. The summed E-state index contributed by atoms with van der Waals surface area (Å²) in [5.41, 5.74) is 1.17. The average molecular weight is 292 g/mol. The van der Waals surface area contributed by atoms with E-state index < -0.39 is 12.0 Å². The molecule has 1 unspecified atom stereocenters. The molecule has 1 aromatic carbocycles. The van der Waals surface area contributed by atoms with Crippen molar-refractivity contribution < 1.29 is 9.90 Å². The molecule has 0 saturated carbocycles. The van der Waals surface area contributed by atoms with Crippen molar-refractivity contribution in [2.45, 2.75) is 52.1 Å². The highest BCUT2D eigenvalue weighted by Gasteiger charge is 2.19. The lowest BCUT2D eigenvalue weighted by Gasteiger charge is -2.27. The second-order valence-electron chi connectivity index (χ2n) is 5.68. The highest BCUT2D eigenvalue weighted by Crippen LogP contribution is 2.15. The van der Waals surface area contributed by atoms with Crippen LogP contribution in [0.3, 0.4) is 0 Å². The SMILES string of the molecule is CCCCN(CCC(NC(C)C)C(=O)O)c1ccccc1. The number of anilines is 1. The predicted molar refractivity (Wildman–Crippen MR) is 87.9 cm³/mol. The van der Waals surface area contributed by atoms with Crippen LogP contribution in [0.5, 0.6) is 0 Å². The van der Waals surface area contributed by atoms with Crippen molar-refractivity contribution in [2.75, 3.05) is 18.0 Å². The Morgan fingerprint density at radius 2 is 1.90 bits per heavy atom. The van der Waals surface area contributed by atoms with Crippen LogP contribution in [-0.2, 0) is 4.79 Å². The first-order valence-electron chi connectivity index (χ1n) is 7.83. The van der Waals surface area contributed by atoms with E-state index in [1.54, 1.807) is 0 Å². The zero-order valence-electron chi connectivity index (χ0n) is 13.4. The van der Waals surface area contributed by atoms with Gasteiger partial charge in [0.15, 0.2) is 0 Å². The Hall–Kier alpha value is -1.55. The van der Waals surface area contributed by atoms with Gasteiger partial charge in [-0.1, -0.05) is 45.4 Å². The molecule has 1 atom stereocenters. The molecule has 0 aromatic heterocycles. The molecular weight excluding hydrogens is 264 g/mol. The van der Waals surface area contributed by atoms with E-state index in [2.05, 4.69) is 29.3 Å². The lowest BCUT2D eigenvalue weighted by molar-refractivity contribution is -0.139. The molecular formula is C17H28N2O2. The summed E-state index contributed by atoms with van der Waals surface area (Å²) in [6, 6.07) is 9.90. The van der Waals surface area contributed by atoms with E-state index in [0.29, 0.717) is 6.42 Å². The first-order chi connectivity index (χ1) is 10.0. The molecule has 0 spiro atoms. The van der Waals surface area contributed by atoms with Crippen molar-refractivity contribution in [1.82, 2.24) is 5.32 Å². The Morgan fingerprint density at radius 1 is 1.24 bits per heavy atom. The Morgan fingerprint density at radius 3 is 2.43 bits per heavy atom. The molecule has 0 aliphatic heterocycles. The van der Waals surface area contributed by atoms with E-state index in [1.165, 1.54) is 5.69 Å². The largest absolute Gasteiger partial charge is 0.480 e. The number of carboxylic acids is 1. The van der Waals surface area contributed by atoms with Gasteiger partial charge in [-0.05, 0) is 25.0 Å². The van der Waals surface area contributed by atoms with Crippen molar-refractivity contribution >= 4 is 11.7 Å². The molecule has 0 aliphatic rings. The first kappa shape index (κ1) is 17.5. The third-order valence-electron chi connectivity index (χ3n) is 3.42. The highest BCUT2D eigenvalue weighted by atomic mass is 16.4. The number of benzene rings is 1. The Labute approximate surface area is 128 Å². The van der Waals surface area contributed by atoms with Gasteiger partial charge in [0.2, 0.25) is 0 Å². The van der Waals surface area contributed by atoms with Crippen LogP contribution < -0.4 is 10.2 Å². The van der Waals surface area contributed by atoms with E-state index in [9.17, 15) is 9.90 Å². The smallest absolute Gasteiger partial charge is 0.320 e. The number of carbonyl (C=O) groups is 1. The second-order valence-corrected chi connectivity index (χ2v) is 5.68. The standard InChI is InChI=1S/C17H28N2O2/c1-4-5-12-19(15-9-7-6-8-10-15)13-11-16(17(20)21)18-14(2)3/h6-10,14,16,18H,4-5,11-13H2,1-3H3,(H,20,21). The molecule has 118 valence electrons. The molecule has 0 fully saturated rings. The Kier molecular flexibility index (Phi) is 7.83. The van der Waals surface area contributed by atoms with E-state index in [4.69, 9.17) is 0 Å². The van der Waals surface area contributed by atoms with Gasteiger partial charge in [0.25, 0.3) is 0 Å². The summed E-state index contributed by atoms with van der Waals surface area (Å²) in [5.74, 6) is -0.771. The van der Waals surface area contributed by atoms with Crippen LogP contribution >= 0.6 is 0 Å². The van der Waals surface area contributed by atoms with Gasteiger partial charge in [0, 0.05) is 24.8 Å². The van der Waals surface area contributed by atoms with Crippen molar-refractivity contribution in [2.24, 2.45) is 0 Å². The van der Waals surface area contributed by atoms with Crippen LogP contribution in [0.4, 0.5) is 5.69 Å². The second kappa shape index (κ2) is 9.40. The summed E-state index contributed by atoms with van der Waals surface area (Å²) in [4.78, 5) is 13.6. The highest BCUT2D eigenvalue weighted by molar-refractivity contribution is 5.73. The molecule has 0 radical (unpaired) electrons. The maximum atomic E-state index is 11.3. The van der Waals surface area contributed by atoms with E-state index in [0.717, 1.165) is 25.9 Å². The zero-order valence-corrected chi connectivity index (χ0v) is 13.4. The fourth-order valence-corrected chi connectivity index (χ4v) is 2.32. The molecule has 0 heterocycles. The van der Waals surface area contributed by atoms with E-state index in [-0.39, 0.29) is 6.04 Å². The van der Waals surface area contributed by atoms with Gasteiger partial charge >= 0.3 is 5.97 Å². The third kappa shape index (κ3) is 6.63. The molecule has 1 rings (SSSR count). The van der Waals surface area contributed by atoms with Gasteiger partial charge in [-0.3, -0.25) is 4.79 Å². The summed E-state index contributed by atoms with van der Waals surface area (Å²) in [6.07, 6.45) is 2.85. The summed E-state index contributed by atoms with van der Waals surface area (Å²) in [6.45, 7) is 7.84. The predicted octanol–water partition coefficient (Wildman–Crippen LogP) is 3.13. The number of para-hydroxylation sites is 1. The fourth-order valence-electron chi connectivity index (χ4n) is 2.32. The van der Waals surface area contributed by atoms with Gasteiger partial charge in [-0.2, -0.15) is 0 Å². The Balaban J connectivity index is 2.65. The zero-order chi connectivity index (χ0) is 15.7. The molecule has 21 heavy (non-hydrogen) atoms. The number of aliphatic carboxylic acids is 1. The van der Waals surface area contributed by atoms with Crippen LogP contribution in [-0.4, -0.2) is 36.2 Å². The summed E-state index contributed by atoms with van der Waals surface area (Å²) < 4.78 is 0.